The third-order valence-electron chi connectivity index (χ3n) is 1.96. The van der Waals surface area contributed by atoms with Gasteiger partial charge in [0.1, 0.15) is 20.3 Å². The number of ether oxygens (including phenoxy) is 2. The number of benzene rings is 1. The van der Waals surface area contributed by atoms with Gasteiger partial charge in [0.2, 0.25) is 10.0 Å². The van der Waals surface area contributed by atoms with Crippen LogP contribution in [0.5, 0.6) is 0 Å². The second kappa shape index (κ2) is 4.28. The van der Waals surface area contributed by atoms with Crippen LogP contribution in [-0.2, 0) is 19.5 Å². The summed E-state index contributed by atoms with van der Waals surface area (Å²) in [5.41, 5.74) is 0. The predicted molar refractivity (Wildman–Crippen MR) is 51.1 cm³/mol. The molecule has 1 aromatic carbocycles. The van der Waals surface area contributed by atoms with Crippen molar-refractivity contribution < 1.29 is 17.9 Å². The fourth-order valence-electron chi connectivity index (χ4n) is 1.21. The first-order valence-electron chi connectivity index (χ1n) is 4.33. The van der Waals surface area contributed by atoms with E-state index < -0.39 is 10.0 Å². The Balaban J connectivity index is 2.26. The molecule has 81 valence electrons. The smallest absolute Gasteiger partial charge is 0.246 e. The van der Waals surface area contributed by atoms with Gasteiger partial charge < -0.3 is 9.47 Å². The molecule has 1 heterocycles. The molecule has 0 N–H and O–H groups in total. The van der Waals surface area contributed by atoms with Crippen molar-refractivity contribution >= 4 is 10.0 Å². The maximum Gasteiger partial charge on any atom is 0.246 e. The van der Waals surface area contributed by atoms with Crippen LogP contribution in [0.2, 0.25) is 0 Å². The van der Waals surface area contributed by atoms with Gasteiger partial charge in [-0.05, 0) is 18.2 Å². The summed E-state index contributed by atoms with van der Waals surface area (Å²) in [6.07, 6.45) is 0. The summed E-state index contributed by atoms with van der Waals surface area (Å²) in [6, 6.07) is 8.85. The second-order valence-corrected chi connectivity index (χ2v) is 4.91. The number of rotatable bonds is 2. The first kappa shape index (κ1) is 10.6. The van der Waals surface area contributed by atoms with Gasteiger partial charge in [-0.25, -0.2) is 8.42 Å². The Labute approximate surface area is 88.3 Å². The van der Waals surface area contributed by atoms with E-state index in [1.165, 1.54) is 12.1 Å². The summed E-state index contributed by atoms with van der Waals surface area (Å²) in [4.78, 5) is 0.218. The van der Waals surface area contributed by atoms with Crippen molar-refractivity contribution in [2.45, 2.75) is 4.90 Å². The molecule has 1 aliphatic heterocycles. The van der Waals surface area contributed by atoms with Crippen LogP contribution < -0.4 is 0 Å². The van der Waals surface area contributed by atoms with Crippen molar-refractivity contribution in [3.63, 3.8) is 0 Å². The maximum atomic E-state index is 11.9. The molecule has 0 unspecified atom stereocenters. The molecule has 0 amide bonds. The van der Waals surface area contributed by atoms with Crippen LogP contribution in [0.3, 0.4) is 0 Å². The van der Waals surface area contributed by atoms with Crippen LogP contribution in [-0.4, -0.2) is 33.0 Å². The van der Waals surface area contributed by atoms with Crippen LogP contribution in [0.25, 0.3) is 0 Å². The Morgan fingerprint density at radius 2 is 1.80 bits per heavy atom. The topological polar surface area (TPSA) is 55.8 Å². The van der Waals surface area contributed by atoms with Crippen LogP contribution in [0.15, 0.2) is 29.2 Å². The zero-order valence-electron chi connectivity index (χ0n) is 7.92. The molecule has 0 aliphatic carbocycles. The van der Waals surface area contributed by atoms with E-state index in [1.807, 2.05) is 0 Å². The van der Waals surface area contributed by atoms with E-state index in [1.54, 1.807) is 12.1 Å². The lowest BCUT2D eigenvalue weighted by Gasteiger charge is -2.25. The Morgan fingerprint density at radius 3 is 2.40 bits per heavy atom. The maximum absolute atomic E-state index is 11.9. The highest BCUT2D eigenvalue weighted by Gasteiger charge is 2.26. The van der Waals surface area contributed by atoms with Crippen molar-refractivity contribution in [1.82, 2.24) is 4.31 Å². The van der Waals surface area contributed by atoms with E-state index in [0.717, 1.165) is 4.31 Å². The zero-order valence-corrected chi connectivity index (χ0v) is 8.74. The second-order valence-electron chi connectivity index (χ2n) is 2.98. The number of sulfonamides is 1. The van der Waals surface area contributed by atoms with E-state index in [9.17, 15) is 8.42 Å². The summed E-state index contributed by atoms with van der Waals surface area (Å²) in [7, 11) is -3.50. The van der Waals surface area contributed by atoms with E-state index in [-0.39, 0.29) is 25.2 Å². The van der Waals surface area contributed by atoms with Crippen molar-refractivity contribution in [2.75, 3.05) is 20.3 Å². The molecule has 1 radical (unpaired) electrons. The fraction of sp³-hybridized carbons (Fsp3) is 0.333. The Kier molecular flexibility index (Phi) is 3.01. The largest absolute Gasteiger partial charge is 0.339 e. The van der Waals surface area contributed by atoms with E-state index >= 15 is 0 Å². The number of hydrogen-bond donors (Lipinski definition) is 0. The minimum atomic E-state index is -3.50. The van der Waals surface area contributed by atoms with E-state index in [0.29, 0.717) is 0 Å². The molecule has 0 bridgehead atoms. The van der Waals surface area contributed by atoms with Gasteiger partial charge in [-0.1, -0.05) is 12.1 Å². The average molecular weight is 228 g/mol. The average Bonchev–Trinajstić information content (AvgIpc) is 2.31. The molecule has 0 atom stereocenters. The summed E-state index contributed by atoms with van der Waals surface area (Å²) in [5, 5.41) is 0. The molecule has 0 spiro atoms. The van der Waals surface area contributed by atoms with Gasteiger partial charge in [-0.15, -0.1) is 4.31 Å². The third kappa shape index (κ3) is 2.18. The van der Waals surface area contributed by atoms with Gasteiger partial charge in [-0.2, -0.15) is 0 Å². The molecule has 15 heavy (non-hydrogen) atoms. The van der Waals surface area contributed by atoms with Gasteiger partial charge >= 0.3 is 0 Å². The minimum Gasteiger partial charge on any atom is -0.339 e. The van der Waals surface area contributed by atoms with E-state index in [2.05, 4.69) is 6.07 Å². The minimum absolute atomic E-state index is 0.0287. The first-order chi connectivity index (χ1) is 7.21. The van der Waals surface area contributed by atoms with Crippen LogP contribution in [0.4, 0.5) is 0 Å². The molecule has 0 aromatic heterocycles. The van der Waals surface area contributed by atoms with Gasteiger partial charge in [0.25, 0.3) is 0 Å². The van der Waals surface area contributed by atoms with Crippen LogP contribution >= 0.6 is 0 Å². The SMILES string of the molecule is O=S(=O)(c1cc[c]cc1)N1COCOC1. The van der Waals surface area contributed by atoms with Crippen molar-refractivity contribution in [3.05, 3.63) is 30.3 Å². The molecular weight excluding hydrogens is 218 g/mol. The molecule has 1 aliphatic rings. The third-order valence-corrected chi connectivity index (χ3v) is 3.72. The lowest BCUT2D eigenvalue weighted by Crippen LogP contribution is -2.39. The zero-order chi connectivity index (χ0) is 10.7. The summed E-state index contributed by atoms with van der Waals surface area (Å²) in [6.45, 7) is 0.191. The lowest BCUT2D eigenvalue weighted by molar-refractivity contribution is -0.153. The van der Waals surface area contributed by atoms with Crippen LogP contribution in [0.1, 0.15) is 0 Å². The monoisotopic (exact) mass is 228 g/mol. The Hall–Kier alpha value is -0.950. The molecular formula is C9H10NO4S. The fourth-order valence-corrected chi connectivity index (χ4v) is 2.41. The van der Waals surface area contributed by atoms with Crippen molar-refractivity contribution in [3.8, 4) is 0 Å². The van der Waals surface area contributed by atoms with Crippen molar-refractivity contribution in [1.29, 1.82) is 0 Å². The van der Waals surface area contributed by atoms with Crippen molar-refractivity contribution in [2.24, 2.45) is 0 Å². The van der Waals surface area contributed by atoms with Gasteiger partial charge in [0.05, 0.1) is 4.90 Å². The molecule has 6 heteroatoms. The van der Waals surface area contributed by atoms with Gasteiger partial charge in [0, 0.05) is 0 Å². The number of hydrogen-bond acceptors (Lipinski definition) is 4. The highest BCUT2D eigenvalue weighted by molar-refractivity contribution is 7.89. The summed E-state index contributed by atoms with van der Waals surface area (Å²) in [5.74, 6) is 0. The standard InChI is InChI=1S/C9H10NO4S/c11-15(12,9-4-2-1-3-5-9)10-6-13-8-14-7-10/h2-5H,6-8H2. The number of nitrogens with zero attached hydrogens (tertiary/aromatic N) is 1. The molecule has 0 saturated carbocycles. The van der Waals surface area contributed by atoms with Gasteiger partial charge in [-0.3, -0.25) is 0 Å². The molecule has 2 rings (SSSR count). The lowest BCUT2D eigenvalue weighted by atomic mass is 10.4. The van der Waals surface area contributed by atoms with Crippen LogP contribution in [0, 0.1) is 6.07 Å². The normalized spacial score (nSPS) is 18.9. The quantitative estimate of drug-likeness (QED) is 0.735. The summed E-state index contributed by atoms with van der Waals surface area (Å²) < 4.78 is 34.8. The molecule has 1 aromatic rings. The highest BCUT2D eigenvalue weighted by atomic mass is 32.2. The highest BCUT2D eigenvalue weighted by Crippen LogP contribution is 2.16. The Morgan fingerprint density at radius 1 is 1.20 bits per heavy atom. The molecule has 1 fully saturated rings. The Bertz CT molecular complexity index is 411. The van der Waals surface area contributed by atoms with E-state index in [4.69, 9.17) is 9.47 Å². The molecule has 5 nitrogen and oxygen atoms in total. The predicted octanol–water partition coefficient (Wildman–Crippen LogP) is 0.397. The van der Waals surface area contributed by atoms with Gasteiger partial charge in [0.15, 0.2) is 0 Å². The summed E-state index contributed by atoms with van der Waals surface area (Å²) >= 11 is 0. The molecule has 1 saturated heterocycles. The first-order valence-corrected chi connectivity index (χ1v) is 5.77.